The summed E-state index contributed by atoms with van der Waals surface area (Å²) < 4.78 is 33.9. The molecule has 0 fully saturated rings. The highest BCUT2D eigenvalue weighted by molar-refractivity contribution is 7.45. The van der Waals surface area contributed by atoms with Crippen LogP contribution in [-0.4, -0.2) is 70.0 Å². The summed E-state index contributed by atoms with van der Waals surface area (Å²) in [6.45, 7) is 4.03. The van der Waals surface area contributed by atoms with Crippen LogP contribution in [0.2, 0.25) is 0 Å². The van der Waals surface area contributed by atoms with Gasteiger partial charge in [0.05, 0.1) is 27.7 Å². The molecule has 64 heavy (non-hydrogen) atoms. The van der Waals surface area contributed by atoms with Gasteiger partial charge in [-0.05, 0) is 70.6 Å². The van der Waals surface area contributed by atoms with Crippen molar-refractivity contribution in [2.45, 2.75) is 213 Å². The monoisotopic (exact) mass is 918 g/mol. The van der Waals surface area contributed by atoms with E-state index in [1.807, 2.05) is 27.2 Å². The topological polar surface area (TPSA) is 111 Å². The van der Waals surface area contributed by atoms with Crippen LogP contribution in [0.3, 0.4) is 0 Å². The maximum atomic E-state index is 12.7. The molecule has 10 heteroatoms. The van der Waals surface area contributed by atoms with E-state index < -0.39 is 32.5 Å². The molecule has 0 aliphatic rings. The van der Waals surface area contributed by atoms with E-state index >= 15 is 0 Å². The van der Waals surface area contributed by atoms with E-state index in [4.69, 9.17) is 18.5 Å². The lowest BCUT2D eigenvalue weighted by Gasteiger charge is -2.28. The van der Waals surface area contributed by atoms with E-state index in [2.05, 4.69) is 80.7 Å². The number of esters is 2. The maximum Gasteiger partial charge on any atom is 0.306 e. The number of carbonyl (C=O) groups is 2. The number of hydrogen-bond acceptors (Lipinski definition) is 8. The van der Waals surface area contributed by atoms with Gasteiger partial charge in [-0.15, -0.1) is 0 Å². The first kappa shape index (κ1) is 61.5. The molecule has 0 heterocycles. The van der Waals surface area contributed by atoms with Crippen LogP contribution in [0, 0.1) is 0 Å². The molecule has 0 radical (unpaired) electrons. The van der Waals surface area contributed by atoms with Crippen molar-refractivity contribution in [3.05, 3.63) is 72.9 Å². The fraction of sp³-hybridized carbons (Fsp3) is 0.741. The zero-order valence-corrected chi connectivity index (χ0v) is 42.6. The second kappa shape index (κ2) is 45.6. The van der Waals surface area contributed by atoms with E-state index in [1.54, 1.807) is 0 Å². The maximum absolute atomic E-state index is 12.7. The number of phosphoric ester groups is 1. The van der Waals surface area contributed by atoms with E-state index in [0.717, 1.165) is 44.9 Å². The van der Waals surface area contributed by atoms with Gasteiger partial charge in [0.2, 0.25) is 0 Å². The van der Waals surface area contributed by atoms with Crippen molar-refractivity contribution in [2.24, 2.45) is 0 Å². The molecule has 0 bridgehead atoms. The van der Waals surface area contributed by atoms with Gasteiger partial charge in [-0.1, -0.05) is 196 Å². The lowest BCUT2D eigenvalue weighted by atomic mass is 10.0. The van der Waals surface area contributed by atoms with E-state index in [-0.39, 0.29) is 26.1 Å². The fourth-order valence-corrected chi connectivity index (χ4v) is 7.48. The Balaban J connectivity index is 4.32. The third-order valence-corrected chi connectivity index (χ3v) is 11.7. The average Bonchev–Trinajstić information content (AvgIpc) is 3.25. The summed E-state index contributed by atoms with van der Waals surface area (Å²) in [5.74, 6) is -0.940. The summed E-state index contributed by atoms with van der Waals surface area (Å²) in [5, 5.41) is 0. The molecule has 370 valence electrons. The van der Waals surface area contributed by atoms with Gasteiger partial charge in [-0.3, -0.25) is 14.2 Å². The van der Waals surface area contributed by atoms with Crippen molar-refractivity contribution >= 4 is 19.8 Å². The Bertz CT molecular complexity index is 1310. The van der Waals surface area contributed by atoms with Crippen LogP contribution < -0.4 is 4.89 Å². The highest BCUT2D eigenvalue weighted by Crippen LogP contribution is 2.38. The van der Waals surface area contributed by atoms with Crippen LogP contribution in [0.15, 0.2) is 72.9 Å². The Morgan fingerprint density at radius 3 is 1.34 bits per heavy atom. The average molecular weight is 918 g/mol. The lowest BCUT2D eigenvalue weighted by molar-refractivity contribution is -0.870. The number of carbonyl (C=O) groups excluding carboxylic acids is 2. The van der Waals surface area contributed by atoms with E-state index in [9.17, 15) is 19.0 Å². The molecule has 9 nitrogen and oxygen atoms in total. The van der Waals surface area contributed by atoms with Crippen molar-refractivity contribution in [3.63, 3.8) is 0 Å². The SMILES string of the molecule is CC/C=C/C/C=C/C/C=C/C/C=C/C/C=C/CCCC(=O)O[C@@H](COC(=O)CCC/C=C/CCCCCCCCCCCCCCCCCCCC)COP(=O)([O-])OCC[N+](C)(C)C. The van der Waals surface area contributed by atoms with Gasteiger partial charge in [-0.25, -0.2) is 0 Å². The summed E-state index contributed by atoms with van der Waals surface area (Å²) in [4.78, 5) is 37.6. The molecule has 2 atom stereocenters. The molecule has 0 rings (SSSR count). The Kier molecular flexibility index (Phi) is 43.8. The highest BCUT2D eigenvalue weighted by Gasteiger charge is 2.21. The number of likely N-dealkylation sites (N-methyl/N-ethyl adjacent to an activating group) is 1. The number of allylic oxidation sites excluding steroid dienone is 12. The molecule has 1 unspecified atom stereocenters. The summed E-state index contributed by atoms with van der Waals surface area (Å²) in [7, 11) is 1.11. The van der Waals surface area contributed by atoms with Gasteiger partial charge in [0.15, 0.2) is 6.10 Å². The van der Waals surface area contributed by atoms with Crippen molar-refractivity contribution in [3.8, 4) is 0 Å². The Hall–Kier alpha value is -2.55. The number of quaternary nitrogens is 1. The van der Waals surface area contributed by atoms with E-state index in [1.165, 1.54) is 116 Å². The molecule has 0 aromatic carbocycles. The molecule has 0 saturated heterocycles. The molecule has 0 saturated carbocycles. The number of hydrogen-bond donors (Lipinski definition) is 0. The van der Waals surface area contributed by atoms with Gasteiger partial charge in [0.25, 0.3) is 7.82 Å². The number of ether oxygens (including phenoxy) is 2. The first-order valence-corrected chi connectivity index (χ1v) is 27.1. The summed E-state index contributed by atoms with van der Waals surface area (Å²) in [6.07, 6.45) is 58.2. The highest BCUT2D eigenvalue weighted by atomic mass is 31.2. The minimum Gasteiger partial charge on any atom is -0.756 e. The predicted molar refractivity (Wildman–Crippen MR) is 268 cm³/mol. The number of phosphoric acid groups is 1. The number of unbranched alkanes of at least 4 members (excludes halogenated alkanes) is 20. The quantitative estimate of drug-likeness (QED) is 0.0195. The summed E-state index contributed by atoms with van der Waals surface area (Å²) >= 11 is 0. The van der Waals surface area contributed by atoms with Gasteiger partial charge in [0, 0.05) is 12.8 Å². The molecule has 0 spiro atoms. The van der Waals surface area contributed by atoms with Gasteiger partial charge in [0.1, 0.15) is 19.8 Å². The fourth-order valence-electron chi connectivity index (χ4n) is 6.75. The summed E-state index contributed by atoms with van der Waals surface area (Å²) in [6, 6.07) is 0. The summed E-state index contributed by atoms with van der Waals surface area (Å²) in [5.41, 5.74) is 0. The second-order valence-electron chi connectivity index (χ2n) is 18.1. The Morgan fingerprint density at radius 1 is 0.500 bits per heavy atom. The van der Waals surface area contributed by atoms with Gasteiger partial charge < -0.3 is 27.9 Å². The van der Waals surface area contributed by atoms with Crippen molar-refractivity contribution in [1.82, 2.24) is 0 Å². The van der Waals surface area contributed by atoms with Crippen molar-refractivity contribution in [2.75, 3.05) is 47.5 Å². The Labute approximate surface area is 393 Å². The van der Waals surface area contributed by atoms with Gasteiger partial charge >= 0.3 is 11.9 Å². The lowest BCUT2D eigenvalue weighted by Crippen LogP contribution is -2.37. The molecule has 0 aromatic rings. The zero-order chi connectivity index (χ0) is 47.1. The molecule has 0 N–H and O–H groups in total. The third-order valence-electron chi connectivity index (χ3n) is 10.7. The molecule has 0 aliphatic carbocycles. The smallest absolute Gasteiger partial charge is 0.306 e. The Morgan fingerprint density at radius 2 is 0.891 bits per heavy atom. The van der Waals surface area contributed by atoms with Crippen LogP contribution in [0.1, 0.15) is 206 Å². The number of nitrogens with zero attached hydrogens (tertiary/aromatic N) is 1. The van der Waals surface area contributed by atoms with Crippen LogP contribution in [0.5, 0.6) is 0 Å². The first-order valence-electron chi connectivity index (χ1n) is 25.6. The predicted octanol–water partition coefficient (Wildman–Crippen LogP) is 14.7. The standard InChI is InChI=1S/C54H96NO8P/c1-6-8-10-12-14-16-18-20-22-24-25-26-27-28-29-31-32-34-36-38-40-42-44-46-53(56)60-50-52(51-62-64(58,59)61-49-48-55(3,4)5)63-54(57)47-45-43-41-39-37-35-33-30-23-21-19-17-15-13-11-9-7-2/h9,11,15,17,21,23,33,35,38-41,52H,6-8,10,12-14,16,18-20,22,24-32,34,36-37,42-51H2,1-5H3/b11-9+,17-15+,23-21+,35-33+,40-38+,41-39+/t52-/m0/s1. The van der Waals surface area contributed by atoms with Crippen molar-refractivity contribution in [1.29, 1.82) is 0 Å². The van der Waals surface area contributed by atoms with Crippen molar-refractivity contribution < 1.29 is 42.1 Å². The van der Waals surface area contributed by atoms with E-state index in [0.29, 0.717) is 30.3 Å². The number of rotatable bonds is 46. The molecular weight excluding hydrogens is 822 g/mol. The minimum atomic E-state index is -4.65. The third kappa shape index (κ3) is 48.9. The molecular formula is C54H96NO8P. The largest absolute Gasteiger partial charge is 0.756 e. The zero-order valence-electron chi connectivity index (χ0n) is 41.7. The van der Waals surface area contributed by atoms with Gasteiger partial charge in [-0.2, -0.15) is 0 Å². The van der Waals surface area contributed by atoms with Crippen LogP contribution in [-0.2, 0) is 32.7 Å². The van der Waals surface area contributed by atoms with Crippen LogP contribution in [0.25, 0.3) is 0 Å². The molecule has 0 aromatic heterocycles. The minimum absolute atomic E-state index is 0.0481. The first-order chi connectivity index (χ1) is 31.0. The van der Waals surface area contributed by atoms with Crippen LogP contribution in [0.4, 0.5) is 0 Å². The molecule has 0 amide bonds. The molecule has 0 aliphatic heterocycles. The van der Waals surface area contributed by atoms with Crippen LogP contribution >= 0.6 is 7.82 Å². The second-order valence-corrected chi connectivity index (χ2v) is 19.6. The normalized spacial score (nSPS) is 14.0.